The van der Waals surface area contributed by atoms with Crippen molar-refractivity contribution in [1.82, 2.24) is 4.90 Å². The Hall–Kier alpha value is -2.26. The van der Waals surface area contributed by atoms with E-state index >= 15 is 0 Å². The van der Waals surface area contributed by atoms with E-state index in [0.717, 1.165) is 32.2 Å². The number of amidine groups is 1. The first kappa shape index (κ1) is 27.8. The topological polar surface area (TPSA) is 51.1 Å². The maximum absolute atomic E-state index is 13.3. The number of amides is 1. The van der Waals surface area contributed by atoms with Gasteiger partial charge in [-0.15, -0.1) is 0 Å². The van der Waals surface area contributed by atoms with Crippen molar-refractivity contribution in [3.63, 3.8) is 0 Å². The molecule has 1 fully saturated rings. The van der Waals surface area contributed by atoms with Crippen LogP contribution in [0.1, 0.15) is 31.4 Å². The van der Waals surface area contributed by atoms with Gasteiger partial charge in [0.25, 0.3) is 5.91 Å². The fraction of sp³-hybridized carbons (Fsp3) is 0.214. The van der Waals surface area contributed by atoms with Crippen molar-refractivity contribution in [1.29, 1.82) is 0 Å². The summed E-state index contributed by atoms with van der Waals surface area (Å²) in [6.45, 7) is 5.44. The van der Waals surface area contributed by atoms with E-state index in [9.17, 15) is 4.79 Å². The Balaban J connectivity index is 1.61. The number of hydrogen-bond acceptors (Lipinski definition) is 5. The molecule has 3 aromatic carbocycles. The number of halogens is 3. The molecule has 1 heterocycles. The first-order valence-electron chi connectivity index (χ1n) is 11.8. The van der Waals surface area contributed by atoms with Crippen LogP contribution in [-0.4, -0.2) is 29.1 Å². The summed E-state index contributed by atoms with van der Waals surface area (Å²) in [5.41, 5.74) is 2.61. The predicted octanol–water partition coefficient (Wildman–Crippen LogP) is 8.86. The lowest BCUT2D eigenvalue weighted by molar-refractivity contribution is -0.122. The molecule has 37 heavy (non-hydrogen) atoms. The van der Waals surface area contributed by atoms with Crippen molar-refractivity contribution >= 4 is 78.1 Å². The second-order valence-electron chi connectivity index (χ2n) is 8.12. The molecule has 192 valence electrons. The van der Waals surface area contributed by atoms with E-state index in [4.69, 9.17) is 26.1 Å². The van der Waals surface area contributed by atoms with Crippen molar-refractivity contribution in [2.75, 3.05) is 13.2 Å². The molecule has 0 radical (unpaired) electrons. The summed E-state index contributed by atoms with van der Waals surface area (Å²) in [4.78, 5) is 20.3. The summed E-state index contributed by atoms with van der Waals surface area (Å²) < 4.78 is 13.8. The summed E-state index contributed by atoms with van der Waals surface area (Å²) in [6, 6.07) is 19.0. The Labute approximate surface area is 243 Å². The van der Waals surface area contributed by atoms with Crippen LogP contribution in [-0.2, 0) is 11.4 Å². The molecule has 0 aromatic heterocycles. The largest absolute Gasteiger partial charge is 0.490 e. The van der Waals surface area contributed by atoms with Crippen molar-refractivity contribution in [2.24, 2.45) is 4.99 Å². The van der Waals surface area contributed by atoms with Gasteiger partial charge in [-0.2, -0.15) is 0 Å². The average Bonchev–Trinajstić information content (AvgIpc) is 3.15. The van der Waals surface area contributed by atoms with Crippen LogP contribution in [0.15, 0.2) is 79.5 Å². The quantitative estimate of drug-likeness (QED) is 0.215. The maximum Gasteiger partial charge on any atom is 0.266 e. The van der Waals surface area contributed by atoms with Crippen LogP contribution in [0.4, 0.5) is 5.69 Å². The smallest absolute Gasteiger partial charge is 0.266 e. The molecule has 0 N–H and O–H groups in total. The molecule has 5 nitrogen and oxygen atoms in total. The van der Waals surface area contributed by atoms with Crippen molar-refractivity contribution in [3.8, 4) is 11.5 Å². The van der Waals surface area contributed by atoms with Gasteiger partial charge in [0.2, 0.25) is 0 Å². The SMILES string of the molecule is CCCN1C(=O)/C(=C/c2cc(Br)c(OCc3ccc(Br)cc3)c(OCC)c2)SC1=Nc1ccc(Cl)cc1. The number of nitrogens with zero attached hydrogens (tertiary/aromatic N) is 2. The fourth-order valence-corrected chi connectivity index (χ4v) is 5.59. The Bertz CT molecular complexity index is 1330. The minimum absolute atomic E-state index is 0.0655. The van der Waals surface area contributed by atoms with E-state index in [1.807, 2.05) is 68.5 Å². The predicted molar refractivity (Wildman–Crippen MR) is 160 cm³/mol. The van der Waals surface area contributed by atoms with Gasteiger partial charge >= 0.3 is 0 Å². The Morgan fingerprint density at radius 3 is 2.43 bits per heavy atom. The first-order valence-corrected chi connectivity index (χ1v) is 14.5. The molecule has 0 bridgehead atoms. The van der Waals surface area contributed by atoms with E-state index in [2.05, 4.69) is 31.9 Å². The van der Waals surface area contributed by atoms with Gasteiger partial charge in [0.05, 0.1) is 21.7 Å². The molecule has 0 aliphatic carbocycles. The van der Waals surface area contributed by atoms with E-state index < -0.39 is 0 Å². The third-order valence-electron chi connectivity index (χ3n) is 5.31. The van der Waals surface area contributed by atoms with Crippen molar-refractivity contribution < 1.29 is 14.3 Å². The number of rotatable bonds is 9. The maximum atomic E-state index is 13.3. The summed E-state index contributed by atoms with van der Waals surface area (Å²) >= 11 is 14.5. The molecule has 0 atom stereocenters. The Kier molecular flexibility index (Phi) is 9.76. The van der Waals surface area contributed by atoms with Gasteiger partial charge in [-0.1, -0.05) is 46.6 Å². The average molecular weight is 665 g/mol. The van der Waals surface area contributed by atoms with E-state index in [-0.39, 0.29) is 5.91 Å². The molecule has 4 rings (SSSR count). The number of carbonyl (C=O) groups is 1. The van der Waals surface area contributed by atoms with Crippen LogP contribution >= 0.6 is 55.2 Å². The zero-order valence-corrected chi connectivity index (χ0v) is 25.1. The second-order valence-corrected chi connectivity index (χ2v) is 11.3. The molecular formula is C28H25Br2ClN2O3S. The zero-order valence-electron chi connectivity index (χ0n) is 20.3. The number of carbonyl (C=O) groups excluding carboxylic acids is 1. The molecule has 1 aliphatic heterocycles. The number of hydrogen-bond donors (Lipinski definition) is 0. The van der Waals surface area contributed by atoms with Crippen LogP contribution in [0.5, 0.6) is 11.5 Å². The summed E-state index contributed by atoms with van der Waals surface area (Å²) in [7, 11) is 0. The van der Waals surface area contributed by atoms with Gasteiger partial charge in [0.15, 0.2) is 16.7 Å². The molecule has 3 aromatic rings. The zero-order chi connectivity index (χ0) is 26.4. The van der Waals surface area contributed by atoms with Crippen molar-refractivity contribution in [2.45, 2.75) is 26.9 Å². The van der Waals surface area contributed by atoms with Gasteiger partial charge in [-0.25, -0.2) is 4.99 Å². The van der Waals surface area contributed by atoms with Crippen LogP contribution in [0.25, 0.3) is 6.08 Å². The molecule has 0 unspecified atom stereocenters. The van der Waals surface area contributed by atoms with Gasteiger partial charge in [-0.3, -0.25) is 9.69 Å². The number of aliphatic imine (C=N–C) groups is 1. The van der Waals surface area contributed by atoms with Gasteiger partial charge < -0.3 is 9.47 Å². The summed E-state index contributed by atoms with van der Waals surface area (Å²) in [5.74, 6) is 1.16. The van der Waals surface area contributed by atoms with E-state index in [0.29, 0.717) is 46.4 Å². The summed E-state index contributed by atoms with van der Waals surface area (Å²) in [5, 5.41) is 1.30. The second kappa shape index (κ2) is 13.0. The standard InChI is InChI=1S/C28H25Br2ClN2O3S/c1-3-13-33-27(34)25(37-28(33)32-22-11-9-21(31)10-12-22)16-19-14-23(30)26(24(15-19)35-4-2)36-17-18-5-7-20(29)8-6-18/h5-12,14-16H,3-4,13,17H2,1-2H3/b25-16-,32-28?. The third-order valence-corrected chi connectivity index (χ3v) is 7.69. The minimum Gasteiger partial charge on any atom is -0.490 e. The highest BCUT2D eigenvalue weighted by molar-refractivity contribution is 9.10. The highest BCUT2D eigenvalue weighted by Crippen LogP contribution is 2.40. The molecule has 0 saturated carbocycles. The number of thioether (sulfide) groups is 1. The lowest BCUT2D eigenvalue weighted by Gasteiger charge is -2.15. The first-order chi connectivity index (χ1) is 17.9. The monoisotopic (exact) mass is 662 g/mol. The third kappa shape index (κ3) is 7.19. The number of benzene rings is 3. The van der Waals surface area contributed by atoms with Crippen LogP contribution in [0.2, 0.25) is 5.02 Å². The highest BCUT2D eigenvalue weighted by Gasteiger charge is 2.33. The van der Waals surface area contributed by atoms with Crippen LogP contribution < -0.4 is 9.47 Å². The van der Waals surface area contributed by atoms with Gasteiger partial charge in [0.1, 0.15) is 6.61 Å². The molecule has 1 saturated heterocycles. The van der Waals surface area contributed by atoms with E-state index in [1.54, 1.807) is 17.0 Å². The summed E-state index contributed by atoms with van der Waals surface area (Å²) in [6.07, 6.45) is 2.69. The molecule has 1 amide bonds. The lowest BCUT2D eigenvalue weighted by atomic mass is 10.1. The highest BCUT2D eigenvalue weighted by atomic mass is 79.9. The molecule has 1 aliphatic rings. The van der Waals surface area contributed by atoms with Gasteiger partial charge in [-0.05, 0) is 107 Å². The fourth-order valence-electron chi connectivity index (χ4n) is 3.60. The van der Waals surface area contributed by atoms with Crippen molar-refractivity contribution in [3.05, 3.63) is 90.7 Å². The van der Waals surface area contributed by atoms with E-state index in [1.165, 1.54) is 11.8 Å². The van der Waals surface area contributed by atoms with Crippen LogP contribution in [0, 0.1) is 0 Å². The lowest BCUT2D eigenvalue weighted by Crippen LogP contribution is -2.29. The Morgan fingerprint density at radius 1 is 1.03 bits per heavy atom. The Morgan fingerprint density at radius 2 is 1.76 bits per heavy atom. The van der Waals surface area contributed by atoms with Crippen LogP contribution in [0.3, 0.4) is 0 Å². The minimum atomic E-state index is -0.0655. The molecule has 9 heteroatoms. The normalized spacial score (nSPS) is 15.6. The van der Waals surface area contributed by atoms with Gasteiger partial charge in [0, 0.05) is 16.0 Å². The molecule has 0 spiro atoms. The molecular weight excluding hydrogens is 640 g/mol. The number of ether oxygens (including phenoxy) is 2.